The number of nitrogens with zero attached hydrogens (tertiary/aromatic N) is 1. The SMILES string of the molecule is CC(=Cc1ccc(O[C@@H]2O[C@H](C(C)=CCOc3ccc(CN4CCOCC4)cc3Cl)[C@@H](O)[C@@H]2O)c(O)c1)C(=O)N[C@@H]1[C@H](O)[C@@H](O)[C@H]2OCO[C@H]2[C@@H]1O. The van der Waals surface area contributed by atoms with Gasteiger partial charge in [0.25, 0.3) is 0 Å². The van der Waals surface area contributed by atoms with E-state index in [0.29, 0.717) is 35.1 Å². The van der Waals surface area contributed by atoms with Gasteiger partial charge in [-0.25, -0.2) is 0 Å². The van der Waals surface area contributed by atoms with Crippen LogP contribution >= 0.6 is 11.6 Å². The van der Waals surface area contributed by atoms with E-state index in [4.69, 9.17) is 40.0 Å². The Kier molecular flexibility index (Phi) is 12.4. The Morgan fingerprint density at radius 1 is 0.942 bits per heavy atom. The number of aromatic hydroxyl groups is 1. The van der Waals surface area contributed by atoms with Gasteiger partial charge >= 0.3 is 0 Å². The summed E-state index contributed by atoms with van der Waals surface area (Å²) in [5.41, 5.74) is 2.23. The number of halogens is 1. The number of benzene rings is 2. The smallest absolute Gasteiger partial charge is 0.247 e. The molecule has 284 valence electrons. The van der Waals surface area contributed by atoms with Crippen LogP contribution in [0.1, 0.15) is 25.0 Å². The zero-order valence-corrected chi connectivity index (χ0v) is 29.5. The number of nitrogens with one attached hydrogen (secondary N) is 1. The summed E-state index contributed by atoms with van der Waals surface area (Å²) in [4.78, 5) is 15.2. The van der Waals surface area contributed by atoms with Crippen molar-refractivity contribution in [2.75, 3.05) is 39.7 Å². The molecule has 7 N–H and O–H groups in total. The molecular weight excluding hydrogens is 704 g/mol. The van der Waals surface area contributed by atoms with Crippen LogP contribution < -0.4 is 14.8 Å². The molecule has 3 saturated heterocycles. The lowest BCUT2D eigenvalue weighted by Crippen LogP contribution is -2.67. The van der Waals surface area contributed by atoms with E-state index in [2.05, 4.69) is 10.2 Å². The van der Waals surface area contributed by atoms with Gasteiger partial charge in [0.1, 0.15) is 68.0 Å². The van der Waals surface area contributed by atoms with Gasteiger partial charge in [-0.2, -0.15) is 0 Å². The first-order valence-electron chi connectivity index (χ1n) is 17.1. The second-order valence-electron chi connectivity index (χ2n) is 13.3. The second-order valence-corrected chi connectivity index (χ2v) is 13.7. The van der Waals surface area contributed by atoms with Gasteiger partial charge in [0.15, 0.2) is 11.5 Å². The Labute approximate surface area is 305 Å². The molecule has 4 fully saturated rings. The Morgan fingerprint density at radius 3 is 2.37 bits per heavy atom. The number of hydrogen-bond donors (Lipinski definition) is 7. The normalized spacial score (nSPS) is 32.8. The molecule has 3 aliphatic heterocycles. The van der Waals surface area contributed by atoms with Crippen molar-refractivity contribution in [2.45, 2.75) is 81.6 Å². The van der Waals surface area contributed by atoms with Crippen molar-refractivity contribution in [3.63, 3.8) is 0 Å². The fourth-order valence-electron chi connectivity index (χ4n) is 6.66. The maximum atomic E-state index is 12.9. The largest absolute Gasteiger partial charge is 0.504 e. The molecule has 0 bridgehead atoms. The monoisotopic (exact) mass is 748 g/mol. The maximum Gasteiger partial charge on any atom is 0.247 e. The van der Waals surface area contributed by atoms with Crippen LogP contribution in [0, 0.1) is 0 Å². The van der Waals surface area contributed by atoms with Crippen molar-refractivity contribution >= 4 is 23.6 Å². The molecular formula is C36H45ClN2O13. The Balaban J connectivity index is 1.01. The van der Waals surface area contributed by atoms with Crippen LogP contribution in [0.2, 0.25) is 5.02 Å². The van der Waals surface area contributed by atoms with Crippen LogP contribution in [0.25, 0.3) is 6.08 Å². The summed E-state index contributed by atoms with van der Waals surface area (Å²) in [6.07, 6.45) is -7.84. The summed E-state index contributed by atoms with van der Waals surface area (Å²) in [5.74, 6) is -0.493. The number of ether oxygens (including phenoxy) is 6. The Morgan fingerprint density at radius 2 is 1.65 bits per heavy atom. The Bertz CT molecular complexity index is 1640. The van der Waals surface area contributed by atoms with Crippen molar-refractivity contribution in [1.82, 2.24) is 10.2 Å². The van der Waals surface area contributed by atoms with E-state index in [0.717, 1.165) is 25.2 Å². The molecule has 4 aliphatic rings. The molecule has 10 atom stereocenters. The quantitative estimate of drug-likeness (QED) is 0.123. The van der Waals surface area contributed by atoms with E-state index >= 15 is 0 Å². The van der Waals surface area contributed by atoms with Gasteiger partial charge < -0.3 is 64.4 Å². The molecule has 0 aromatic heterocycles. The average Bonchev–Trinajstić information content (AvgIpc) is 3.73. The highest BCUT2D eigenvalue weighted by Crippen LogP contribution is 2.34. The highest BCUT2D eigenvalue weighted by atomic mass is 35.5. The third-order valence-corrected chi connectivity index (χ3v) is 9.98. The number of morpholine rings is 1. The topological polar surface area (TPSA) is 209 Å². The number of carbonyl (C=O) groups is 1. The fourth-order valence-corrected chi connectivity index (χ4v) is 6.92. The standard InChI is InChI=1S/C36H45ClN2O13/c1-18(7-10-48-24-5-4-21(14-22(24)37)16-39-8-11-47-12-9-39)32-30(44)31(45)36(52-32)51-25-6-3-20(15-23(25)40)13-19(2)35(46)38-26-27(41)29(43)34-33(28(26)42)49-17-50-34/h3-7,13-15,26-34,36,40-45H,8-12,16-17H2,1-2H3,(H,38,46)/t26-,27+,28-,29-,30+,31+,32-,33+,34-,36-/m1/s1. The number of aliphatic hydroxyl groups excluding tert-OH is 5. The molecule has 1 saturated carbocycles. The first-order valence-corrected chi connectivity index (χ1v) is 17.4. The number of phenols is 1. The predicted octanol–water partition coefficient (Wildman–Crippen LogP) is 0.455. The molecule has 1 aliphatic carbocycles. The molecule has 0 spiro atoms. The minimum Gasteiger partial charge on any atom is -0.504 e. The number of rotatable bonds is 11. The van der Waals surface area contributed by atoms with Crippen LogP contribution in [-0.4, -0.2) is 142 Å². The van der Waals surface area contributed by atoms with E-state index < -0.39 is 67.1 Å². The highest BCUT2D eigenvalue weighted by Gasteiger charge is 2.53. The number of aliphatic hydroxyl groups is 5. The molecule has 15 nitrogen and oxygen atoms in total. The van der Waals surface area contributed by atoms with Crippen LogP contribution in [-0.2, 0) is 30.3 Å². The number of fused-ring (bicyclic) bond motifs is 1. The van der Waals surface area contributed by atoms with E-state index in [-0.39, 0.29) is 30.5 Å². The zero-order valence-electron chi connectivity index (χ0n) is 28.7. The van der Waals surface area contributed by atoms with Crippen LogP contribution in [0.15, 0.2) is 53.6 Å². The minimum atomic E-state index is -1.50. The van der Waals surface area contributed by atoms with Crippen molar-refractivity contribution in [3.8, 4) is 17.2 Å². The lowest BCUT2D eigenvalue weighted by molar-refractivity contribution is -0.155. The number of carbonyl (C=O) groups excluding carboxylic acids is 1. The van der Waals surface area contributed by atoms with Crippen LogP contribution in [0.3, 0.4) is 0 Å². The number of phenolic OH excluding ortho intramolecular Hbond substituents is 1. The second kappa shape index (κ2) is 16.8. The van der Waals surface area contributed by atoms with Gasteiger partial charge in [0, 0.05) is 25.2 Å². The van der Waals surface area contributed by atoms with Gasteiger partial charge in [-0.3, -0.25) is 9.69 Å². The van der Waals surface area contributed by atoms with Gasteiger partial charge in [0.05, 0.1) is 24.3 Å². The Hall–Kier alpha value is -3.32. The summed E-state index contributed by atoms with van der Waals surface area (Å²) in [6.45, 7) is 7.13. The van der Waals surface area contributed by atoms with Crippen LogP contribution in [0.5, 0.6) is 17.2 Å². The summed E-state index contributed by atoms with van der Waals surface area (Å²) < 4.78 is 33.4. The van der Waals surface area contributed by atoms with Crippen molar-refractivity contribution in [3.05, 3.63) is 69.8 Å². The van der Waals surface area contributed by atoms with E-state index in [9.17, 15) is 35.4 Å². The lowest BCUT2D eigenvalue weighted by Gasteiger charge is -2.41. The average molecular weight is 749 g/mol. The maximum absolute atomic E-state index is 12.9. The molecule has 6 rings (SSSR count). The summed E-state index contributed by atoms with van der Waals surface area (Å²) in [6, 6.07) is 8.72. The van der Waals surface area contributed by atoms with Gasteiger partial charge in [-0.05, 0) is 67.0 Å². The minimum absolute atomic E-state index is 0.0383. The van der Waals surface area contributed by atoms with Crippen molar-refractivity contribution in [1.29, 1.82) is 0 Å². The first-order chi connectivity index (χ1) is 24.9. The molecule has 2 aromatic carbocycles. The number of hydrogen-bond acceptors (Lipinski definition) is 14. The van der Waals surface area contributed by atoms with Crippen molar-refractivity contribution in [2.24, 2.45) is 0 Å². The van der Waals surface area contributed by atoms with Crippen LogP contribution in [0.4, 0.5) is 0 Å². The molecule has 16 heteroatoms. The first kappa shape index (κ1) is 38.4. The van der Waals surface area contributed by atoms with Gasteiger partial charge in [-0.15, -0.1) is 0 Å². The lowest BCUT2D eigenvalue weighted by atomic mass is 9.83. The molecule has 3 heterocycles. The van der Waals surface area contributed by atoms with E-state index in [1.165, 1.54) is 25.1 Å². The fraction of sp³-hybridized carbons (Fsp3) is 0.528. The molecule has 2 aromatic rings. The van der Waals surface area contributed by atoms with E-state index in [1.807, 2.05) is 18.2 Å². The van der Waals surface area contributed by atoms with Gasteiger partial charge in [-0.1, -0.05) is 23.7 Å². The molecule has 1 amide bonds. The molecule has 0 unspecified atom stereocenters. The predicted molar refractivity (Wildman–Crippen MR) is 184 cm³/mol. The van der Waals surface area contributed by atoms with Gasteiger partial charge in [0.2, 0.25) is 12.2 Å². The van der Waals surface area contributed by atoms with E-state index in [1.54, 1.807) is 19.1 Å². The highest BCUT2D eigenvalue weighted by molar-refractivity contribution is 6.32. The zero-order chi connectivity index (χ0) is 37.1. The third-order valence-electron chi connectivity index (χ3n) is 9.69. The summed E-state index contributed by atoms with van der Waals surface area (Å²) >= 11 is 6.48. The summed E-state index contributed by atoms with van der Waals surface area (Å²) in [5, 5.41) is 66.6. The molecule has 52 heavy (non-hydrogen) atoms. The van der Waals surface area contributed by atoms with Crippen molar-refractivity contribution < 1.29 is 63.9 Å². The molecule has 0 radical (unpaired) electrons. The third kappa shape index (κ3) is 8.56. The number of amides is 1. The summed E-state index contributed by atoms with van der Waals surface area (Å²) in [7, 11) is 0.